The highest BCUT2D eigenvalue weighted by Gasteiger charge is 2.22. The minimum atomic E-state index is -1.06. The minimum absolute atomic E-state index is 0.108. The lowest BCUT2D eigenvalue weighted by Gasteiger charge is -2.19. The number of nitriles is 1. The fraction of sp³-hybridized carbons (Fsp3) is 0.273. The molecule has 0 heterocycles. The second kappa shape index (κ2) is 10.4. The molecule has 0 radical (unpaired) electrons. The molecule has 0 aliphatic rings. The van der Waals surface area contributed by atoms with Crippen LogP contribution in [0.2, 0.25) is 5.02 Å². The third-order valence-corrected chi connectivity index (χ3v) is 4.67. The topological polar surface area (TPSA) is 119 Å². The first kappa shape index (κ1) is 22.9. The van der Waals surface area contributed by atoms with Crippen LogP contribution in [0.3, 0.4) is 0 Å². The van der Waals surface area contributed by atoms with Crippen molar-refractivity contribution in [3.05, 3.63) is 58.6 Å². The number of benzene rings is 2. The average Bonchev–Trinajstić information content (AvgIpc) is 2.71. The third-order valence-electron chi connectivity index (χ3n) is 4.34. The van der Waals surface area contributed by atoms with Gasteiger partial charge in [-0.2, -0.15) is 5.26 Å². The van der Waals surface area contributed by atoms with E-state index in [0.29, 0.717) is 28.1 Å². The number of rotatable bonds is 8. The van der Waals surface area contributed by atoms with Crippen LogP contribution in [0.1, 0.15) is 41.0 Å². The van der Waals surface area contributed by atoms with E-state index in [1.165, 1.54) is 18.2 Å². The van der Waals surface area contributed by atoms with Crippen LogP contribution in [0, 0.1) is 17.2 Å². The van der Waals surface area contributed by atoms with E-state index in [1.807, 2.05) is 19.9 Å². The molecule has 0 aliphatic carbocycles. The Kier molecular flexibility index (Phi) is 7.96. The maximum Gasteiger partial charge on any atom is 0.335 e. The van der Waals surface area contributed by atoms with Gasteiger partial charge in [0.05, 0.1) is 11.6 Å². The molecule has 0 fully saturated rings. The van der Waals surface area contributed by atoms with Gasteiger partial charge in [-0.25, -0.2) is 4.79 Å². The van der Waals surface area contributed by atoms with Crippen molar-refractivity contribution in [2.75, 3.05) is 6.54 Å². The van der Waals surface area contributed by atoms with Crippen molar-refractivity contribution in [3.63, 3.8) is 0 Å². The number of nitrogens with one attached hydrogen (secondary N) is 2. The molecule has 3 N–H and O–H groups in total. The summed E-state index contributed by atoms with van der Waals surface area (Å²) in [5.41, 5.74) is 1.64. The Labute approximate surface area is 179 Å². The van der Waals surface area contributed by atoms with Gasteiger partial charge in [-0.15, -0.1) is 0 Å². The van der Waals surface area contributed by atoms with Gasteiger partial charge in [-0.05, 0) is 48.2 Å². The number of amides is 2. The van der Waals surface area contributed by atoms with Crippen molar-refractivity contribution in [1.82, 2.24) is 10.6 Å². The molecule has 0 saturated heterocycles. The molecule has 2 aromatic carbocycles. The molecule has 0 bridgehead atoms. The van der Waals surface area contributed by atoms with Gasteiger partial charge in [0.15, 0.2) is 0 Å². The van der Waals surface area contributed by atoms with Gasteiger partial charge in [-0.3, -0.25) is 9.59 Å². The summed E-state index contributed by atoms with van der Waals surface area (Å²) in [4.78, 5) is 36.0. The van der Waals surface area contributed by atoms with Crippen LogP contribution in [-0.2, 0) is 4.79 Å². The number of carbonyl (C=O) groups excluding carboxylic acids is 2. The van der Waals surface area contributed by atoms with E-state index in [0.717, 1.165) is 0 Å². The molecule has 1 atom stereocenters. The van der Waals surface area contributed by atoms with Crippen LogP contribution in [0.5, 0.6) is 0 Å². The highest BCUT2D eigenvalue weighted by atomic mass is 35.5. The second-order valence-electron chi connectivity index (χ2n) is 7.11. The van der Waals surface area contributed by atoms with E-state index in [-0.39, 0.29) is 18.0 Å². The molecule has 0 spiro atoms. The SMILES string of the molecule is CC(C)CC(NC(=O)c1ccc(-c2cc(C(=O)O)ccc2Cl)cc1)C(=O)NCC#N. The molecule has 2 aromatic rings. The Morgan fingerprint density at radius 1 is 1.10 bits per heavy atom. The molecule has 2 rings (SSSR count). The van der Waals surface area contributed by atoms with Gasteiger partial charge in [0.1, 0.15) is 12.6 Å². The first-order chi connectivity index (χ1) is 14.2. The Hall–Kier alpha value is -3.37. The summed E-state index contributed by atoms with van der Waals surface area (Å²) in [6.07, 6.45) is 0.429. The number of hydrogen-bond acceptors (Lipinski definition) is 4. The first-order valence-corrected chi connectivity index (χ1v) is 9.69. The number of halogens is 1. The van der Waals surface area contributed by atoms with Crippen molar-refractivity contribution in [3.8, 4) is 17.2 Å². The maximum atomic E-state index is 12.6. The van der Waals surface area contributed by atoms with Gasteiger partial charge < -0.3 is 15.7 Å². The van der Waals surface area contributed by atoms with Crippen LogP contribution in [-0.4, -0.2) is 35.5 Å². The minimum Gasteiger partial charge on any atom is -0.478 e. The van der Waals surface area contributed by atoms with E-state index in [4.69, 9.17) is 22.0 Å². The fourth-order valence-corrected chi connectivity index (χ4v) is 3.10. The largest absolute Gasteiger partial charge is 0.478 e. The number of nitrogens with zero attached hydrogens (tertiary/aromatic N) is 1. The molecular weight excluding hydrogens is 406 g/mol. The fourth-order valence-electron chi connectivity index (χ4n) is 2.88. The van der Waals surface area contributed by atoms with Crippen LogP contribution in [0.15, 0.2) is 42.5 Å². The van der Waals surface area contributed by atoms with Crippen LogP contribution in [0.25, 0.3) is 11.1 Å². The number of carboxylic acids is 1. The van der Waals surface area contributed by atoms with Crippen molar-refractivity contribution in [2.24, 2.45) is 5.92 Å². The first-order valence-electron chi connectivity index (χ1n) is 9.31. The van der Waals surface area contributed by atoms with E-state index in [9.17, 15) is 14.4 Å². The normalized spacial score (nSPS) is 11.4. The van der Waals surface area contributed by atoms with E-state index >= 15 is 0 Å². The summed E-state index contributed by atoms with van der Waals surface area (Å²) in [5, 5.41) is 23.4. The van der Waals surface area contributed by atoms with Crippen LogP contribution in [0.4, 0.5) is 0 Å². The lowest BCUT2D eigenvalue weighted by Crippen LogP contribution is -2.47. The summed E-state index contributed by atoms with van der Waals surface area (Å²) < 4.78 is 0. The van der Waals surface area contributed by atoms with E-state index in [2.05, 4.69) is 10.6 Å². The van der Waals surface area contributed by atoms with Gasteiger partial charge in [0, 0.05) is 16.1 Å². The molecular formula is C22H22ClN3O4. The molecule has 30 heavy (non-hydrogen) atoms. The number of aromatic carboxylic acids is 1. The molecule has 8 heteroatoms. The maximum absolute atomic E-state index is 12.6. The lowest BCUT2D eigenvalue weighted by atomic mass is 10.0. The predicted octanol–water partition coefficient (Wildman–Crippen LogP) is 3.49. The quantitative estimate of drug-likeness (QED) is 0.557. The van der Waals surface area contributed by atoms with Crippen molar-refractivity contribution >= 4 is 29.4 Å². The van der Waals surface area contributed by atoms with E-state index in [1.54, 1.807) is 24.3 Å². The molecule has 1 unspecified atom stereocenters. The number of carbonyl (C=O) groups is 3. The number of carboxylic acid groups (broad SMARTS) is 1. The van der Waals surface area contributed by atoms with Gasteiger partial charge >= 0.3 is 5.97 Å². The Morgan fingerprint density at radius 3 is 2.30 bits per heavy atom. The average molecular weight is 428 g/mol. The Balaban J connectivity index is 2.19. The van der Waals surface area contributed by atoms with E-state index < -0.39 is 23.8 Å². The Morgan fingerprint density at radius 2 is 1.73 bits per heavy atom. The highest BCUT2D eigenvalue weighted by Crippen LogP contribution is 2.29. The molecule has 0 saturated carbocycles. The lowest BCUT2D eigenvalue weighted by molar-refractivity contribution is -0.123. The molecule has 7 nitrogen and oxygen atoms in total. The smallest absolute Gasteiger partial charge is 0.335 e. The number of hydrogen-bond donors (Lipinski definition) is 3. The predicted molar refractivity (Wildman–Crippen MR) is 113 cm³/mol. The highest BCUT2D eigenvalue weighted by molar-refractivity contribution is 6.33. The third kappa shape index (κ3) is 6.06. The zero-order valence-corrected chi connectivity index (χ0v) is 17.4. The molecule has 0 aliphatic heterocycles. The standard InChI is InChI=1S/C22H22ClN3O4/c1-13(2)11-19(21(28)25-10-9-24)26-20(27)15-5-3-14(4-6-15)17-12-16(22(29)30)7-8-18(17)23/h3-8,12-13,19H,10-11H2,1-2H3,(H,25,28)(H,26,27)(H,29,30). The summed E-state index contributed by atoms with van der Waals surface area (Å²) in [6, 6.07) is 12.0. The van der Waals surface area contributed by atoms with Crippen molar-refractivity contribution in [1.29, 1.82) is 5.26 Å². The van der Waals surface area contributed by atoms with Crippen molar-refractivity contribution in [2.45, 2.75) is 26.3 Å². The summed E-state index contributed by atoms with van der Waals surface area (Å²) in [5.74, 6) is -1.74. The second-order valence-corrected chi connectivity index (χ2v) is 7.52. The van der Waals surface area contributed by atoms with Gasteiger partial charge in [0.25, 0.3) is 5.91 Å². The van der Waals surface area contributed by atoms with Crippen molar-refractivity contribution < 1.29 is 19.5 Å². The molecule has 0 aromatic heterocycles. The monoisotopic (exact) mass is 427 g/mol. The summed E-state index contributed by atoms with van der Waals surface area (Å²) in [6.45, 7) is 3.73. The van der Waals surface area contributed by atoms with Crippen LogP contribution >= 0.6 is 11.6 Å². The summed E-state index contributed by atoms with van der Waals surface area (Å²) in [7, 11) is 0. The summed E-state index contributed by atoms with van der Waals surface area (Å²) >= 11 is 6.19. The Bertz CT molecular complexity index is 981. The molecule has 156 valence electrons. The van der Waals surface area contributed by atoms with Crippen LogP contribution < -0.4 is 10.6 Å². The van der Waals surface area contributed by atoms with Gasteiger partial charge in [-0.1, -0.05) is 37.6 Å². The van der Waals surface area contributed by atoms with Gasteiger partial charge in [0.2, 0.25) is 5.91 Å². The zero-order valence-electron chi connectivity index (χ0n) is 16.6. The molecule has 2 amide bonds. The zero-order chi connectivity index (χ0) is 22.3.